The van der Waals surface area contributed by atoms with Gasteiger partial charge in [-0.3, -0.25) is 0 Å². The molecule has 1 unspecified atom stereocenters. The van der Waals surface area contributed by atoms with Crippen molar-refractivity contribution in [1.82, 2.24) is 24.7 Å². The fourth-order valence-electron chi connectivity index (χ4n) is 5.01. The molecule has 31 heavy (non-hydrogen) atoms. The first-order valence-electron chi connectivity index (χ1n) is 11.3. The van der Waals surface area contributed by atoms with Crippen molar-refractivity contribution in [3.8, 4) is 10.7 Å². The molecule has 3 aromatic heterocycles. The van der Waals surface area contributed by atoms with Crippen LogP contribution in [0.1, 0.15) is 49.7 Å². The number of fused-ring (bicyclic) bond motifs is 2. The van der Waals surface area contributed by atoms with Gasteiger partial charge < -0.3 is 9.47 Å². The molecule has 1 fully saturated rings. The Balaban J connectivity index is 1.38. The molecule has 1 atom stereocenters. The molecule has 7 heteroatoms. The Bertz CT molecular complexity index is 1200. The Hall–Kier alpha value is -2.80. The van der Waals surface area contributed by atoms with E-state index in [0.717, 1.165) is 66.3 Å². The monoisotopic (exact) mass is 430 g/mol. The lowest BCUT2D eigenvalue weighted by Gasteiger charge is -2.34. The summed E-state index contributed by atoms with van der Waals surface area (Å²) < 4.78 is 2.41. The van der Waals surface area contributed by atoms with E-state index >= 15 is 0 Å². The molecule has 0 bridgehead atoms. The molecule has 1 aromatic carbocycles. The average Bonchev–Trinajstić information content (AvgIpc) is 3.44. The second-order valence-electron chi connectivity index (χ2n) is 8.59. The Morgan fingerprint density at radius 1 is 0.903 bits per heavy atom. The van der Waals surface area contributed by atoms with Crippen molar-refractivity contribution >= 4 is 28.1 Å². The zero-order valence-electron chi connectivity index (χ0n) is 17.6. The van der Waals surface area contributed by atoms with E-state index in [0.29, 0.717) is 5.92 Å². The summed E-state index contributed by atoms with van der Waals surface area (Å²) in [6.07, 6.45) is 7.11. The average molecular weight is 431 g/mol. The third kappa shape index (κ3) is 3.51. The fourth-order valence-corrected chi connectivity index (χ4v) is 5.66. The molecular formula is C24H26N6S. The van der Waals surface area contributed by atoms with E-state index in [1.54, 1.807) is 11.3 Å². The van der Waals surface area contributed by atoms with Gasteiger partial charge >= 0.3 is 0 Å². The predicted molar refractivity (Wildman–Crippen MR) is 125 cm³/mol. The molecule has 0 saturated carbocycles. The highest BCUT2D eigenvalue weighted by molar-refractivity contribution is 7.13. The van der Waals surface area contributed by atoms with Gasteiger partial charge in [-0.05, 0) is 49.3 Å². The minimum atomic E-state index is 0.395. The van der Waals surface area contributed by atoms with Crippen LogP contribution in [0.5, 0.6) is 0 Å². The van der Waals surface area contributed by atoms with Crippen molar-refractivity contribution in [3.05, 3.63) is 53.4 Å². The lowest BCUT2D eigenvalue weighted by molar-refractivity contribution is 0.464. The van der Waals surface area contributed by atoms with E-state index in [4.69, 9.17) is 9.97 Å². The quantitative estimate of drug-likeness (QED) is 0.455. The van der Waals surface area contributed by atoms with Gasteiger partial charge in [0.1, 0.15) is 17.5 Å². The van der Waals surface area contributed by atoms with Crippen molar-refractivity contribution < 1.29 is 0 Å². The van der Waals surface area contributed by atoms with Gasteiger partial charge in [0.15, 0.2) is 5.82 Å². The topological polar surface area (TPSA) is 59.7 Å². The molecule has 6 rings (SSSR count). The van der Waals surface area contributed by atoms with Gasteiger partial charge in [-0.25, -0.2) is 9.97 Å². The maximum absolute atomic E-state index is 5.07. The number of hydrogen-bond acceptors (Lipinski definition) is 6. The molecule has 2 aliphatic rings. The van der Waals surface area contributed by atoms with Gasteiger partial charge in [-0.2, -0.15) is 0 Å². The Morgan fingerprint density at radius 3 is 2.81 bits per heavy atom. The van der Waals surface area contributed by atoms with Crippen LogP contribution in [0.2, 0.25) is 0 Å². The highest BCUT2D eigenvalue weighted by atomic mass is 32.1. The van der Waals surface area contributed by atoms with E-state index in [9.17, 15) is 0 Å². The number of benzene rings is 1. The maximum Gasteiger partial charge on any atom is 0.172 e. The minimum absolute atomic E-state index is 0.395. The van der Waals surface area contributed by atoms with Crippen LogP contribution in [0, 0.1) is 0 Å². The number of aromatic nitrogens is 5. The molecule has 0 aliphatic carbocycles. The van der Waals surface area contributed by atoms with Crippen LogP contribution in [0.3, 0.4) is 0 Å². The van der Waals surface area contributed by atoms with Gasteiger partial charge in [0.25, 0.3) is 0 Å². The summed E-state index contributed by atoms with van der Waals surface area (Å²) in [5.74, 6) is 4.62. The summed E-state index contributed by atoms with van der Waals surface area (Å²) in [6, 6.07) is 12.5. The lowest BCUT2D eigenvalue weighted by Crippen LogP contribution is -2.36. The van der Waals surface area contributed by atoms with E-state index in [1.807, 2.05) is 0 Å². The number of para-hydroxylation sites is 1. The summed E-state index contributed by atoms with van der Waals surface area (Å²) in [6.45, 7) is 3.01. The zero-order chi connectivity index (χ0) is 20.6. The van der Waals surface area contributed by atoms with Gasteiger partial charge in [0.2, 0.25) is 0 Å². The first-order valence-corrected chi connectivity index (χ1v) is 12.2. The summed E-state index contributed by atoms with van der Waals surface area (Å²) in [7, 11) is 0. The molecular weight excluding hydrogens is 404 g/mol. The number of piperidine rings is 1. The van der Waals surface area contributed by atoms with Gasteiger partial charge in [0.05, 0.1) is 10.4 Å². The Morgan fingerprint density at radius 2 is 1.87 bits per heavy atom. The largest absolute Gasteiger partial charge is 0.355 e. The van der Waals surface area contributed by atoms with E-state index < -0.39 is 0 Å². The summed E-state index contributed by atoms with van der Waals surface area (Å²) in [4.78, 5) is 13.5. The van der Waals surface area contributed by atoms with Crippen molar-refractivity contribution in [2.24, 2.45) is 0 Å². The molecule has 0 spiro atoms. The highest BCUT2D eigenvalue weighted by Crippen LogP contribution is 2.34. The Kier molecular flexibility index (Phi) is 4.91. The van der Waals surface area contributed by atoms with Crippen LogP contribution in [-0.2, 0) is 13.0 Å². The Labute approximate surface area is 186 Å². The lowest BCUT2D eigenvalue weighted by atomic mass is 9.96. The molecule has 4 aromatic rings. The van der Waals surface area contributed by atoms with E-state index in [1.165, 1.54) is 30.9 Å². The van der Waals surface area contributed by atoms with Gasteiger partial charge in [-0.15, -0.1) is 21.5 Å². The number of thiophene rings is 1. The van der Waals surface area contributed by atoms with Crippen LogP contribution >= 0.6 is 11.3 Å². The maximum atomic E-state index is 5.07. The van der Waals surface area contributed by atoms with Crippen LogP contribution in [0.4, 0.5) is 5.82 Å². The van der Waals surface area contributed by atoms with E-state index in [2.05, 4.69) is 61.4 Å². The molecule has 6 nitrogen and oxygen atoms in total. The smallest absolute Gasteiger partial charge is 0.172 e. The van der Waals surface area contributed by atoms with Crippen molar-refractivity contribution in [2.75, 3.05) is 18.0 Å². The SMILES string of the molecule is c1csc(-c2nc(N3CCCC(c4nnc5n4CCCCC5)C3)c3ccccc3n2)c1. The fraction of sp³-hybridized carbons (Fsp3) is 0.417. The molecule has 158 valence electrons. The van der Waals surface area contributed by atoms with Gasteiger partial charge in [-0.1, -0.05) is 24.6 Å². The summed E-state index contributed by atoms with van der Waals surface area (Å²) in [5.41, 5.74) is 1.01. The molecule has 0 amide bonds. The highest BCUT2D eigenvalue weighted by Gasteiger charge is 2.29. The normalized spacial score (nSPS) is 19.4. The second-order valence-corrected chi connectivity index (χ2v) is 9.53. The minimum Gasteiger partial charge on any atom is -0.355 e. The van der Waals surface area contributed by atoms with Crippen LogP contribution in [0.25, 0.3) is 21.6 Å². The number of anilines is 1. The zero-order valence-corrected chi connectivity index (χ0v) is 18.4. The summed E-state index contributed by atoms with van der Waals surface area (Å²) >= 11 is 1.69. The van der Waals surface area contributed by atoms with Gasteiger partial charge in [0, 0.05) is 37.4 Å². The first kappa shape index (κ1) is 18.9. The standard InChI is InChI=1S/C24H26N6S/c1-2-12-21-27-28-23(30(21)14-5-1)17-8-6-13-29(16-17)24-18-9-3-4-10-19(18)25-22(26-24)20-11-7-15-31-20/h3-4,7,9-11,15,17H,1-2,5-6,8,12-14,16H2. The number of rotatable bonds is 3. The number of aryl methyl sites for hydroxylation is 1. The molecule has 2 aliphatic heterocycles. The van der Waals surface area contributed by atoms with Crippen LogP contribution in [-0.4, -0.2) is 37.8 Å². The summed E-state index contributed by atoms with van der Waals surface area (Å²) in [5, 5.41) is 12.4. The van der Waals surface area contributed by atoms with Crippen LogP contribution in [0.15, 0.2) is 41.8 Å². The third-order valence-electron chi connectivity index (χ3n) is 6.55. The molecule has 1 saturated heterocycles. The van der Waals surface area contributed by atoms with Crippen molar-refractivity contribution in [2.45, 2.75) is 51.0 Å². The van der Waals surface area contributed by atoms with Crippen molar-refractivity contribution in [3.63, 3.8) is 0 Å². The van der Waals surface area contributed by atoms with Crippen LogP contribution < -0.4 is 4.90 Å². The number of hydrogen-bond donors (Lipinski definition) is 0. The second kappa shape index (κ2) is 8.04. The molecule has 0 radical (unpaired) electrons. The number of nitrogens with zero attached hydrogens (tertiary/aromatic N) is 6. The predicted octanol–water partition coefficient (Wildman–Crippen LogP) is 5.06. The third-order valence-corrected chi connectivity index (χ3v) is 7.41. The molecule has 5 heterocycles. The van der Waals surface area contributed by atoms with E-state index in [-0.39, 0.29) is 0 Å². The van der Waals surface area contributed by atoms with Crippen molar-refractivity contribution in [1.29, 1.82) is 0 Å². The first-order chi connectivity index (χ1) is 15.4. The molecule has 0 N–H and O–H groups in total.